The average Bonchev–Trinajstić information content (AvgIpc) is 2.70. The summed E-state index contributed by atoms with van der Waals surface area (Å²) in [5, 5.41) is 2.79. The second-order valence-corrected chi connectivity index (χ2v) is 6.54. The van der Waals surface area contributed by atoms with Crippen LogP contribution in [0, 0.1) is 18.6 Å². The van der Waals surface area contributed by atoms with Gasteiger partial charge in [0.25, 0.3) is 0 Å². The van der Waals surface area contributed by atoms with Gasteiger partial charge in [-0.2, -0.15) is 0 Å². The van der Waals surface area contributed by atoms with E-state index in [1.165, 1.54) is 12.2 Å². The number of hydrogen-bond acceptors (Lipinski definition) is 3. The number of nitrogens with one attached hydrogen (secondary N) is 1. The molecule has 1 aromatic heterocycles. The molecule has 6 heteroatoms. The summed E-state index contributed by atoms with van der Waals surface area (Å²) in [4.78, 5) is 16.3. The van der Waals surface area contributed by atoms with E-state index in [-0.39, 0.29) is 11.6 Å². The molecule has 0 saturated carbocycles. The zero-order valence-corrected chi connectivity index (χ0v) is 16.0. The van der Waals surface area contributed by atoms with Crippen molar-refractivity contribution in [2.45, 2.75) is 19.9 Å². The van der Waals surface area contributed by atoms with E-state index in [2.05, 4.69) is 10.3 Å². The molecule has 0 aliphatic carbocycles. The Labute approximate surface area is 167 Å². The van der Waals surface area contributed by atoms with Gasteiger partial charge in [-0.1, -0.05) is 12.1 Å². The van der Waals surface area contributed by atoms with Crippen LogP contribution in [0.25, 0.3) is 6.08 Å². The molecule has 0 spiro atoms. The van der Waals surface area contributed by atoms with Gasteiger partial charge >= 0.3 is 0 Å². The number of carbonyl (C=O) groups excluding carboxylic acids is 1. The van der Waals surface area contributed by atoms with Gasteiger partial charge in [-0.3, -0.25) is 9.78 Å². The van der Waals surface area contributed by atoms with Crippen LogP contribution in [0.3, 0.4) is 0 Å². The number of ether oxygens (including phenoxy) is 1. The standard InChI is InChI=1S/C23H20F2N2O2/c1-15-6-9-21(14-26-15)29-20-5-3-4-17(13-20)16(2)27-23(28)11-7-18-12-19(24)8-10-22(18)25/h3-14,16H,1-2H3,(H,27,28). The summed E-state index contributed by atoms with van der Waals surface area (Å²) in [7, 11) is 0. The van der Waals surface area contributed by atoms with Crippen LogP contribution in [-0.4, -0.2) is 10.9 Å². The van der Waals surface area contributed by atoms with Gasteiger partial charge < -0.3 is 10.1 Å². The van der Waals surface area contributed by atoms with Gasteiger partial charge in [0.2, 0.25) is 5.91 Å². The molecule has 29 heavy (non-hydrogen) atoms. The number of carbonyl (C=O) groups is 1. The predicted octanol–water partition coefficient (Wildman–Crippen LogP) is 5.35. The van der Waals surface area contributed by atoms with E-state index >= 15 is 0 Å². The van der Waals surface area contributed by atoms with E-state index in [4.69, 9.17) is 4.74 Å². The molecule has 0 aliphatic heterocycles. The lowest BCUT2D eigenvalue weighted by molar-refractivity contribution is -0.117. The van der Waals surface area contributed by atoms with Crippen LogP contribution in [0.1, 0.15) is 29.8 Å². The Morgan fingerprint density at radius 2 is 1.93 bits per heavy atom. The number of pyridine rings is 1. The monoisotopic (exact) mass is 394 g/mol. The highest BCUT2D eigenvalue weighted by atomic mass is 19.1. The van der Waals surface area contributed by atoms with E-state index < -0.39 is 17.5 Å². The van der Waals surface area contributed by atoms with Crippen molar-refractivity contribution in [2.75, 3.05) is 0 Å². The van der Waals surface area contributed by atoms with Crippen LogP contribution >= 0.6 is 0 Å². The summed E-state index contributed by atoms with van der Waals surface area (Å²) in [6.45, 7) is 3.72. The minimum absolute atomic E-state index is 0.00917. The molecular weight excluding hydrogens is 374 g/mol. The molecule has 1 N–H and O–H groups in total. The molecule has 0 aliphatic rings. The number of rotatable bonds is 6. The summed E-state index contributed by atoms with van der Waals surface area (Å²) >= 11 is 0. The molecule has 148 valence electrons. The maximum absolute atomic E-state index is 13.6. The largest absolute Gasteiger partial charge is 0.456 e. The fourth-order valence-electron chi connectivity index (χ4n) is 2.65. The van der Waals surface area contributed by atoms with E-state index in [1.54, 1.807) is 6.20 Å². The zero-order chi connectivity index (χ0) is 20.8. The molecule has 1 atom stereocenters. The third-order valence-electron chi connectivity index (χ3n) is 4.21. The molecule has 3 rings (SSSR count). The van der Waals surface area contributed by atoms with Crippen molar-refractivity contribution < 1.29 is 18.3 Å². The van der Waals surface area contributed by atoms with Crippen LogP contribution in [0.4, 0.5) is 8.78 Å². The highest BCUT2D eigenvalue weighted by molar-refractivity contribution is 5.92. The molecule has 2 aromatic carbocycles. The maximum atomic E-state index is 13.6. The molecule has 0 radical (unpaired) electrons. The van der Waals surface area contributed by atoms with Crippen LogP contribution in [-0.2, 0) is 4.79 Å². The first-order valence-corrected chi connectivity index (χ1v) is 9.05. The molecule has 1 heterocycles. The third-order valence-corrected chi connectivity index (χ3v) is 4.21. The first-order chi connectivity index (χ1) is 13.9. The summed E-state index contributed by atoms with van der Waals surface area (Å²) in [5.41, 5.74) is 1.74. The van der Waals surface area contributed by atoms with Gasteiger partial charge in [-0.15, -0.1) is 0 Å². The number of hydrogen-bond donors (Lipinski definition) is 1. The Bertz CT molecular complexity index is 1030. The van der Waals surface area contributed by atoms with Crippen molar-refractivity contribution in [3.8, 4) is 11.5 Å². The number of aromatic nitrogens is 1. The molecule has 0 saturated heterocycles. The molecule has 3 aromatic rings. The number of benzene rings is 2. The van der Waals surface area contributed by atoms with Gasteiger partial charge in [0.1, 0.15) is 23.1 Å². The van der Waals surface area contributed by atoms with E-state index in [0.717, 1.165) is 29.5 Å². The van der Waals surface area contributed by atoms with Gasteiger partial charge in [-0.25, -0.2) is 8.78 Å². The molecule has 1 unspecified atom stereocenters. The topological polar surface area (TPSA) is 51.2 Å². The molecular formula is C23H20F2N2O2. The van der Waals surface area contributed by atoms with Gasteiger partial charge in [-0.05, 0) is 68.0 Å². The summed E-state index contributed by atoms with van der Waals surface area (Å²) in [6, 6.07) is 13.8. The van der Waals surface area contributed by atoms with Crippen LogP contribution in [0.2, 0.25) is 0 Å². The fourth-order valence-corrected chi connectivity index (χ4v) is 2.65. The fraction of sp³-hybridized carbons (Fsp3) is 0.130. The van der Waals surface area contributed by atoms with Crippen molar-refractivity contribution in [3.05, 3.63) is 95.3 Å². The number of halogens is 2. The summed E-state index contributed by atoms with van der Waals surface area (Å²) < 4.78 is 32.6. The van der Waals surface area contributed by atoms with Crippen molar-refractivity contribution in [3.63, 3.8) is 0 Å². The average molecular weight is 394 g/mol. The van der Waals surface area contributed by atoms with Gasteiger partial charge in [0, 0.05) is 17.3 Å². The molecule has 1 amide bonds. The van der Waals surface area contributed by atoms with Crippen LogP contribution in [0.15, 0.2) is 66.9 Å². The first kappa shape index (κ1) is 20.2. The van der Waals surface area contributed by atoms with Crippen LogP contribution in [0.5, 0.6) is 11.5 Å². The normalized spacial score (nSPS) is 12.0. The van der Waals surface area contributed by atoms with Gasteiger partial charge in [0.15, 0.2) is 0 Å². The third kappa shape index (κ3) is 5.72. The first-order valence-electron chi connectivity index (χ1n) is 9.05. The Hall–Kier alpha value is -3.54. The minimum Gasteiger partial charge on any atom is -0.456 e. The number of amides is 1. The van der Waals surface area contributed by atoms with Crippen LogP contribution < -0.4 is 10.1 Å². The van der Waals surface area contributed by atoms with Crippen molar-refractivity contribution in [1.82, 2.24) is 10.3 Å². The number of aryl methyl sites for hydroxylation is 1. The smallest absolute Gasteiger partial charge is 0.244 e. The lowest BCUT2D eigenvalue weighted by atomic mass is 10.1. The van der Waals surface area contributed by atoms with E-state index in [1.807, 2.05) is 50.2 Å². The Kier molecular flexibility index (Phi) is 6.34. The Morgan fingerprint density at radius 1 is 1.10 bits per heavy atom. The lowest BCUT2D eigenvalue weighted by Crippen LogP contribution is -2.24. The highest BCUT2D eigenvalue weighted by Crippen LogP contribution is 2.24. The van der Waals surface area contributed by atoms with E-state index in [0.29, 0.717) is 11.5 Å². The predicted molar refractivity (Wildman–Crippen MR) is 107 cm³/mol. The SMILES string of the molecule is Cc1ccc(Oc2cccc(C(C)NC(=O)C=Cc3cc(F)ccc3F)c2)cn1. The quantitative estimate of drug-likeness (QED) is 0.573. The second-order valence-electron chi connectivity index (χ2n) is 6.54. The molecule has 0 bridgehead atoms. The van der Waals surface area contributed by atoms with E-state index in [9.17, 15) is 13.6 Å². The van der Waals surface area contributed by atoms with Crippen molar-refractivity contribution in [2.24, 2.45) is 0 Å². The Morgan fingerprint density at radius 3 is 2.69 bits per heavy atom. The second kappa shape index (κ2) is 9.10. The summed E-state index contributed by atoms with van der Waals surface area (Å²) in [5.74, 6) is -0.356. The zero-order valence-electron chi connectivity index (χ0n) is 16.0. The summed E-state index contributed by atoms with van der Waals surface area (Å²) in [6.07, 6.45) is 4.06. The maximum Gasteiger partial charge on any atom is 0.244 e. The molecule has 4 nitrogen and oxygen atoms in total. The van der Waals surface area contributed by atoms with Crippen molar-refractivity contribution in [1.29, 1.82) is 0 Å². The number of nitrogens with zero attached hydrogens (tertiary/aromatic N) is 1. The van der Waals surface area contributed by atoms with Crippen molar-refractivity contribution >= 4 is 12.0 Å². The lowest BCUT2D eigenvalue weighted by Gasteiger charge is -2.14. The molecule has 0 fully saturated rings. The minimum atomic E-state index is -0.598. The Balaban J connectivity index is 1.64. The highest BCUT2D eigenvalue weighted by Gasteiger charge is 2.10. The van der Waals surface area contributed by atoms with Gasteiger partial charge in [0.05, 0.1) is 12.2 Å².